The lowest BCUT2D eigenvalue weighted by molar-refractivity contribution is -0.124. The molecule has 11 heavy (non-hydrogen) atoms. The van der Waals surface area contributed by atoms with Crippen molar-refractivity contribution >= 4 is 11.8 Å². The zero-order valence-electron chi connectivity index (χ0n) is 6.00. The van der Waals surface area contributed by atoms with E-state index in [0.717, 1.165) is 0 Å². The number of hydrogen-bond donors (Lipinski definition) is 2. The highest BCUT2D eigenvalue weighted by atomic mass is 35.5. The summed E-state index contributed by atoms with van der Waals surface area (Å²) < 4.78 is 34.5. The van der Waals surface area contributed by atoms with Crippen LogP contribution in [0.25, 0.3) is 0 Å². The van der Waals surface area contributed by atoms with Crippen LogP contribution in [0.15, 0.2) is 0 Å². The standard InChI is InChI=1S/C5H10ClF3N2/c1-4(11-6)2-10-3-5(7,8)9/h4,10-11H,2-3H2,1H3/t4-/m1/s1. The van der Waals surface area contributed by atoms with Crippen molar-refractivity contribution in [3.63, 3.8) is 0 Å². The minimum Gasteiger partial charge on any atom is -0.307 e. The van der Waals surface area contributed by atoms with Crippen molar-refractivity contribution in [2.75, 3.05) is 13.1 Å². The topological polar surface area (TPSA) is 24.1 Å². The van der Waals surface area contributed by atoms with Crippen molar-refractivity contribution < 1.29 is 13.2 Å². The zero-order chi connectivity index (χ0) is 8.91. The largest absolute Gasteiger partial charge is 0.401 e. The van der Waals surface area contributed by atoms with Crippen molar-refractivity contribution in [1.29, 1.82) is 0 Å². The first-order valence-electron chi connectivity index (χ1n) is 3.09. The second-order valence-electron chi connectivity index (χ2n) is 2.26. The smallest absolute Gasteiger partial charge is 0.307 e. The second kappa shape index (κ2) is 4.79. The highest BCUT2D eigenvalue weighted by Crippen LogP contribution is 2.11. The Hall–Kier alpha value is 0. The fourth-order valence-electron chi connectivity index (χ4n) is 0.469. The molecule has 6 heteroatoms. The second-order valence-corrected chi connectivity index (χ2v) is 2.47. The Kier molecular flexibility index (Phi) is 4.79. The fourth-order valence-corrected chi connectivity index (χ4v) is 0.546. The number of halogens is 4. The average molecular weight is 191 g/mol. The van der Waals surface area contributed by atoms with Crippen LogP contribution in [0.1, 0.15) is 6.92 Å². The Bertz CT molecular complexity index is 106. The molecule has 0 aromatic heterocycles. The highest BCUT2D eigenvalue weighted by Gasteiger charge is 2.26. The van der Waals surface area contributed by atoms with Crippen molar-refractivity contribution in [3.8, 4) is 0 Å². The third-order valence-corrected chi connectivity index (χ3v) is 1.33. The van der Waals surface area contributed by atoms with Crippen LogP contribution in [0.3, 0.4) is 0 Å². The molecule has 0 saturated carbocycles. The van der Waals surface area contributed by atoms with E-state index in [2.05, 4.69) is 10.2 Å². The normalized spacial score (nSPS) is 15.0. The minimum atomic E-state index is -4.15. The van der Waals surface area contributed by atoms with Gasteiger partial charge in [0, 0.05) is 12.6 Å². The molecule has 68 valence electrons. The van der Waals surface area contributed by atoms with Gasteiger partial charge in [-0.15, -0.1) is 0 Å². The van der Waals surface area contributed by atoms with E-state index >= 15 is 0 Å². The maximum Gasteiger partial charge on any atom is 0.401 e. The highest BCUT2D eigenvalue weighted by molar-refractivity contribution is 6.13. The molecule has 0 fully saturated rings. The van der Waals surface area contributed by atoms with Crippen LogP contribution in [0.4, 0.5) is 13.2 Å². The summed E-state index contributed by atoms with van der Waals surface area (Å²) in [5.41, 5.74) is 0. The molecule has 0 radical (unpaired) electrons. The molecule has 0 bridgehead atoms. The molecular weight excluding hydrogens is 181 g/mol. The Morgan fingerprint density at radius 2 is 2.00 bits per heavy atom. The molecular formula is C5H10ClF3N2. The van der Waals surface area contributed by atoms with Crippen molar-refractivity contribution in [1.82, 2.24) is 10.2 Å². The number of alkyl halides is 3. The van der Waals surface area contributed by atoms with Gasteiger partial charge in [-0.3, -0.25) is 0 Å². The molecule has 0 aliphatic heterocycles. The predicted octanol–water partition coefficient (Wildman–Crippen LogP) is 1.27. The molecule has 0 spiro atoms. The van der Waals surface area contributed by atoms with Crippen LogP contribution in [0.5, 0.6) is 0 Å². The van der Waals surface area contributed by atoms with Gasteiger partial charge < -0.3 is 5.32 Å². The summed E-state index contributed by atoms with van der Waals surface area (Å²) in [5.74, 6) is 0. The van der Waals surface area contributed by atoms with Crippen LogP contribution in [0, 0.1) is 0 Å². The molecule has 0 aromatic rings. The molecule has 0 aliphatic rings. The maximum atomic E-state index is 11.5. The van der Waals surface area contributed by atoms with Gasteiger partial charge in [-0.25, -0.2) is 4.84 Å². The van der Waals surface area contributed by atoms with Gasteiger partial charge in [0.05, 0.1) is 6.54 Å². The Morgan fingerprint density at radius 3 is 2.36 bits per heavy atom. The van der Waals surface area contributed by atoms with Crippen LogP contribution < -0.4 is 10.2 Å². The van der Waals surface area contributed by atoms with Gasteiger partial charge in [-0.2, -0.15) is 13.2 Å². The first kappa shape index (κ1) is 11.0. The van der Waals surface area contributed by atoms with Crippen molar-refractivity contribution in [2.45, 2.75) is 19.1 Å². The van der Waals surface area contributed by atoms with Gasteiger partial charge in [-0.1, -0.05) is 0 Å². The van der Waals surface area contributed by atoms with E-state index < -0.39 is 12.7 Å². The Labute approximate surface area is 68.2 Å². The lowest BCUT2D eigenvalue weighted by Gasteiger charge is -2.11. The Morgan fingerprint density at radius 1 is 1.45 bits per heavy atom. The SMILES string of the molecule is C[C@H](CNCC(F)(F)F)NCl. The summed E-state index contributed by atoms with van der Waals surface area (Å²) in [6, 6.07) is -0.168. The van der Waals surface area contributed by atoms with Gasteiger partial charge in [0.25, 0.3) is 0 Å². The van der Waals surface area contributed by atoms with Crippen LogP contribution >= 0.6 is 11.8 Å². The van der Waals surface area contributed by atoms with E-state index in [1.54, 1.807) is 6.92 Å². The summed E-state index contributed by atoms with van der Waals surface area (Å²) in [5, 5.41) is 2.20. The lowest BCUT2D eigenvalue weighted by Crippen LogP contribution is -2.37. The first-order chi connectivity index (χ1) is 4.95. The molecule has 1 atom stereocenters. The van der Waals surface area contributed by atoms with Crippen LogP contribution in [0.2, 0.25) is 0 Å². The van der Waals surface area contributed by atoms with Gasteiger partial charge in [0.15, 0.2) is 0 Å². The van der Waals surface area contributed by atoms with E-state index in [0.29, 0.717) is 0 Å². The van der Waals surface area contributed by atoms with Crippen LogP contribution in [-0.2, 0) is 0 Å². The van der Waals surface area contributed by atoms with Crippen LogP contribution in [-0.4, -0.2) is 25.3 Å². The summed E-state index contributed by atoms with van der Waals surface area (Å²) in [4.78, 5) is 2.29. The quantitative estimate of drug-likeness (QED) is 0.653. The minimum absolute atomic E-state index is 0.168. The molecule has 0 amide bonds. The van der Waals surface area contributed by atoms with Crippen molar-refractivity contribution in [3.05, 3.63) is 0 Å². The molecule has 0 saturated heterocycles. The molecule has 0 unspecified atom stereocenters. The lowest BCUT2D eigenvalue weighted by atomic mass is 10.3. The maximum absolute atomic E-state index is 11.5. The number of nitrogens with one attached hydrogen (secondary N) is 2. The van der Waals surface area contributed by atoms with Gasteiger partial charge in [-0.05, 0) is 18.7 Å². The van der Waals surface area contributed by atoms with Gasteiger partial charge >= 0.3 is 6.18 Å². The molecule has 0 rings (SSSR count). The molecule has 2 N–H and O–H groups in total. The summed E-state index contributed by atoms with van der Waals surface area (Å²) in [7, 11) is 0. The molecule has 0 aromatic carbocycles. The molecule has 2 nitrogen and oxygen atoms in total. The van der Waals surface area contributed by atoms with E-state index in [1.807, 2.05) is 0 Å². The molecule has 0 heterocycles. The third kappa shape index (κ3) is 7.90. The number of rotatable bonds is 4. The third-order valence-electron chi connectivity index (χ3n) is 0.962. The van der Waals surface area contributed by atoms with E-state index in [9.17, 15) is 13.2 Å². The van der Waals surface area contributed by atoms with Gasteiger partial charge in [0.1, 0.15) is 0 Å². The van der Waals surface area contributed by atoms with E-state index in [4.69, 9.17) is 11.8 Å². The van der Waals surface area contributed by atoms with Gasteiger partial charge in [0.2, 0.25) is 0 Å². The summed E-state index contributed by atoms with van der Waals surface area (Å²) in [6.07, 6.45) is -4.15. The fraction of sp³-hybridized carbons (Fsp3) is 1.00. The summed E-state index contributed by atoms with van der Waals surface area (Å²) >= 11 is 5.13. The molecule has 0 aliphatic carbocycles. The predicted molar refractivity (Wildman–Crippen MR) is 37.4 cm³/mol. The summed E-state index contributed by atoms with van der Waals surface area (Å²) in [6.45, 7) is 0.898. The Balaban J connectivity index is 3.28. The van der Waals surface area contributed by atoms with E-state index in [1.165, 1.54) is 0 Å². The first-order valence-corrected chi connectivity index (χ1v) is 3.47. The van der Waals surface area contributed by atoms with Crippen molar-refractivity contribution in [2.24, 2.45) is 0 Å². The average Bonchev–Trinajstić information content (AvgIpc) is 1.85. The number of hydrogen-bond acceptors (Lipinski definition) is 2. The monoisotopic (exact) mass is 190 g/mol. The van der Waals surface area contributed by atoms with E-state index in [-0.39, 0.29) is 12.6 Å². The zero-order valence-corrected chi connectivity index (χ0v) is 6.76.